The molecule has 6 nitrogen and oxygen atoms in total. The number of amides is 2. The van der Waals surface area contributed by atoms with Gasteiger partial charge in [0, 0.05) is 18.8 Å². The molecule has 0 heterocycles. The van der Waals surface area contributed by atoms with Crippen molar-refractivity contribution < 1.29 is 32.4 Å². The van der Waals surface area contributed by atoms with E-state index < -0.39 is 6.36 Å². The number of carbonyl (C=O) groups excluding carboxylic acids is 2. The molecule has 1 aliphatic carbocycles. The lowest BCUT2D eigenvalue weighted by molar-refractivity contribution is -0.862. The van der Waals surface area contributed by atoms with Crippen LogP contribution in [0.25, 0.3) is 0 Å². The first kappa shape index (κ1) is 22.0. The summed E-state index contributed by atoms with van der Waals surface area (Å²) in [5, 5.41) is 2.61. The maximum atomic E-state index is 12.4. The number of rotatable bonds is 7. The highest BCUT2D eigenvalue weighted by Gasteiger charge is 2.31. The summed E-state index contributed by atoms with van der Waals surface area (Å²) < 4.78 is 40.2. The van der Waals surface area contributed by atoms with Gasteiger partial charge in [0.15, 0.2) is 13.1 Å². The van der Waals surface area contributed by atoms with Crippen molar-refractivity contribution in [3.8, 4) is 5.75 Å². The predicted octanol–water partition coefficient (Wildman–Crippen LogP) is 1.83. The fourth-order valence-corrected chi connectivity index (χ4v) is 3.34. The van der Waals surface area contributed by atoms with Crippen molar-refractivity contribution in [2.45, 2.75) is 44.5 Å². The minimum Gasteiger partial charge on any atom is -0.406 e. The third-order valence-corrected chi connectivity index (χ3v) is 4.80. The molecule has 0 aliphatic heterocycles. The van der Waals surface area contributed by atoms with Crippen LogP contribution in [0.1, 0.15) is 32.1 Å². The Balaban J connectivity index is 1.77. The van der Waals surface area contributed by atoms with Gasteiger partial charge in [-0.15, -0.1) is 13.2 Å². The molecule has 2 amide bonds. The average molecular weight is 402 g/mol. The molecule has 2 rings (SSSR count). The molecule has 1 fully saturated rings. The number of alkyl halides is 3. The van der Waals surface area contributed by atoms with Gasteiger partial charge in [-0.1, -0.05) is 19.3 Å². The molecule has 156 valence electrons. The van der Waals surface area contributed by atoms with Crippen molar-refractivity contribution in [2.24, 2.45) is 0 Å². The van der Waals surface area contributed by atoms with Crippen LogP contribution >= 0.6 is 0 Å². The van der Waals surface area contributed by atoms with E-state index in [0.29, 0.717) is 5.69 Å². The fourth-order valence-electron chi connectivity index (χ4n) is 3.34. The number of hydrogen-bond acceptors (Lipinski definition) is 3. The van der Waals surface area contributed by atoms with E-state index in [1.54, 1.807) is 11.9 Å². The van der Waals surface area contributed by atoms with Crippen LogP contribution < -0.4 is 15.0 Å². The van der Waals surface area contributed by atoms with Crippen molar-refractivity contribution in [2.75, 3.05) is 32.5 Å². The van der Waals surface area contributed by atoms with E-state index in [0.717, 1.165) is 42.7 Å². The van der Waals surface area contributed by atoms with E-state index >= 15 is 0 Å². The van der Waals surface area contributed by atoms with Gasteiger partial charge in [0.1, 0.15) is 5.75 Å². The third-order valence-electron chi connectivity index (χ3n) is 4.80. The monoisotopic (exact) mass is 402 g/mol. The predicted molar refractivity (Wildman–Crippen MR) is 98.0 cm³/mol. The zero-order valence-corrected chi connectivity index (χ0v) is 16.1. The summed E-state index contributed by atoms with van der Waals surface area (Å²) in [6.45, 7) is 0.282. The quantitative estimate of drug-likeness (QED) is 0.732. The molecule has 0 aromatic heterocycles. The molecule has 2 N–H and O–H groups in total. The summed E-state index contributed by atoms with van der Waals surface area (Å²) >= 11 is 0. The highest BCUT2D eigenvalue weighted by Crippen LogP contribution is 2.24. The third kappa shape index (κ3) is 7.38. The lowest BCUT2D eigenvalue weighted by atomic mass is 9.94. The number of nitrogens with one attached hydrogen (secondary N) is 2. The lowest BCUT2D eigenvalue weighted by Gasteiger charge is -2.31. The first-order valence-electron chi connectivity index (χ1n) is 9.36. The minimum atomic E-state index is -4.76. The largest absolute Gasteiger partial charge is 0.573 e. The molecule has 0 bridgehead atoms. The molecule has 28 heavy (non-hydrogen) atoms. The Kier molecular flexibility index (Phi) is 7.68. The molecular weight excluding hydrogens is 375 g/mol. The Morgan fingerprint density at radius 2 is 1.75 bits per heavy atom. The van der Waals surface area contributed by atoms with Crippen LogP contribution in [0.4, 0.5) is 18.9 Å². The minimum absolute atomic E-state index is 0.00542. The zero-order valence-electron chi connectivity index (χ0n) is 16.1. The van der Waals surface area contributed by atoms with Gasteiger partial charge in [0.05, 0.1) is 7.05 Å². The number of likely N-dealkylation sites (N-methyl/N-ethyl adjacent to an activating group) is 2. The van der Waals surface area contributed by atoms with E-state index in [9.17, 15) is 22.8 Å². The van der Waals surface area contributed by atoms with Crippen molar-refractivity contribution in [1.82, 2.24) is 4.90 Å². The molecule has 1 atom stereocenters. The summed E-state index contributed by atoms with van der Waals surface area (Å²) in [5.41, 5.74) is 0.359. The number of carbonyl (C=O) groups is 2. The first-order valence-corrected chi connectivity index (χ1v) is 9.36. The van der Waals surface area contributed by atoms with Gasteiger partial charge in [0.2, 0.25) is 0 Å². The molecular formula is C19H27F3N3O3+. The molecule has 0 spiro atoms. The number of benzene rings is 1. The van der Waals surface area contributed by atoms with Gasteiger partial charge in [-0.05, 0) is 37.1 Å². The second kappa shape index (κ2) is 9.77. The van der Waals surface area contributed by atoms with Gasteiger partial charge in [-0.2, -0.15) is 0 Å². The second-order valence-electron chi connectivity index (χ2n) is 7.23. The number of quaternary nitrogens is 1. The number of anilines is 1. The average Bonchev–Trinajstić information content (AvgIpc) is 2.62. The standard InChI is InChI=1S/C19H26F3N3O3/c1-24(13-18(27)25(2)15-6-4-3-5-7-15)12-17(26)23-14-8-10-16(11-9-14)28-19(20,21)22/h8-11,15H,3-7,12-13H2,1-2H3,(H,23,26)/p+1. The van der Waals surface area contributed by atoms with Crippen LogP contribution in [-0.4, -0.2) is 56.3 Å². The fraction of sp³-hybridized carbons (Fsp3) is 0.579. The van der Waals surface area contributed by atoms with Crippen molar-refractivity contribution >= 4 is 17.5 Å². The lowest BCUT2D eigenvalue weighted by Crippen LogP contribution is -3.11. The van der Waals surface area contributed by atoms with E-state index in [2.05, 4.69) is 10.1 Å². The second-order valence-corrected chi connectivity index (χ2v) is 7.23. The number of halogens is 3. The van der Waals surface area contributed by atoms with Crippen LogP contribution in [0.5, 0.6) is 5.75 Å². The highest BCUT2D eigenvalue weighted by molar-refractivity contribution is 5.91. The van der Waals surface area contributed by atoms with Crippen LogP contribution in [0, 0.1) is 0 Å². The van der Waals surface area contributed by atoms with Crippen LogP contribution in [0.2, 0.25) is 0 Å². The van der Waals surface area contributed by atoms with Crippen molar-refractivity contribution in [3.63, 3.8) is 0 Å². The normalized spacial score (nSPS) is 16.3. The topological polar surface area (TPSA) is 63.1 Å². The smallest absolute Gasteiger partial charge is 0.406 e. The van der Waals surface area contributed by atoms with Crippen LogP contribution in [-0.2, 0) is 9.59 Å². The van der Waals surface area contributed by atoms with Crippen molar-refractivity contribution in [1.29, 1.82) is 0 Å². The van der Waals surface area contributed by atoms with Crippen molar-refractivity contribution in [3.05, 3.63) is 24.3 Å². The summed E-state index contributed by atoms with van der Waals surface area (Å²) in [5.74, 6) is -0.675. The molecule has 0 saturated heterocycles. The maximum absolute atomic E-state index is 12.4. The molecule has 9 heteroatoms. The summed E-state index contributed by atoms with van der Waals surface area (Å²) in [6.07, 6.45) is 0.785. The summed E-state index contributed by atoms with van der Waals surface area (Å²) in [6, 6.07) is 5.19. The van der Waals surface area contributed by atoms with E-state index in [-0.39, 0.29) is 36.7 Å². The molecule has 1 unspecified atom stereocenters. The number of hydrogen-bond donors (Lipinski definition) is 2. The van der Waals surface area contributed by atoms with E-state index in [4.69, 9.17) is 0 Å². The van der Waals surface area contributed by atoms with E-state index in [1.807, 2.05) is 7.05 Å². The Morgan fingerprint density at radius 1 is 1.14 bits per heavy atom. The molecule has 1 saturated carbocycles. The van der Waals surface area contributed by atoms with Crippen LogP contribution in [0.3, 0.4) is 0 Å². The number of nitrogens with zero attached hydrogens (tertiary/aromatic N) is 1. The van der Waals surface area contributed by atoms with Gasteiger partial charge in [0.25, 0.3) is 11.8 Å². The van der Waals surface area contributed by atoms with Crippen LogP contribution in [0.15, 0.2) is 24.3 Å². The summed E-state index contributed by atoms with van der Waals surface area (Å²) in [4.78, 5) is 27.1. The Labute approximate surface area is 162 Å². The molecule has 1 aliphatic rings. The maximum Gasteiger partial charge on any atom is 0.573 e. The molecule has 1 aromatic rings. The molecule has 0 radical (unpaired) electrons. The van der Waals surface area contributed by atoms with Gasteiger partial charge in [-0.25, -0.2) is 0 Å². The highest BCUT2D eigenvalue weighted by atomic mass is 19.4. The van der Waals surface area contributed by atoms with Gasteiger partial charge < -0.3 is 19.9 Å². The number of ether oxygens (including phenoxy) is 1. The SMILES string of the molecule is CN(C(=O)C[NH+](C)CC(=O)Nc1ccc(OC(F)(F)F)cc1)C1CCCCC1. The Bertz CT molecular complexity index is 659. The molecule has 1 aromatic carbocycles. The Morgan fingerprint density at radius 3 is 2.32 bits per heavy atom. The van der Waals surface area contributed by atoms with E-state index in [1.165, 1.54) is 18.6 Å². The zero-order chi connectivity index (χ0) is 20.7. The van der Waals surface area contributed by atoms with Gasteiger partial charge >= 0.3 is 6.36 Å². The first-order chi connectivity index (χ1) is 13.1. The summed E-state index contributed by atoms with van der Waals surface area (Å²) in [7, 11) is 3.57. The van der Waals surface area contributed by atoms with Gasteiger partial charge in [-0.3, -0.25) is 9.59 Å². The Hall–Kier alpha value is -2.29.